The monoisotopic (exact) mass is 455 g/mol. The highest BCUT2D eigenvalue weighted by Gasteiger charge is 2.39. The second-order valence-corrected chi connectivity index (χ2v) is 9.68. The molecule has 0 fully saturated rings. The van der Waals surface area contributed by atoms with E-state index in [0.717, 1.165) is 11.3 Å². The third-order valence-corrected chi connectivity index (χ3v) is 5.54. The fraction of sp³-hybridized carbons (Fsp3) is 0.650. The molecular formula is C20H33N5O5S. The molecule has 1 rings (SSSR count). The summed E-state index contributed by atoms with van der Waals surface area (Å²) in [6.45, 7) is 9.05. The number of amides is 4. The quantitative estimate of drug-likeness (QED) is 0.262. The van der Waals surface area contributed by atoms with Gasteiger partial charge in [-0.3, -0.25) is 24.4 Å². The lowest BCUT2D eigenvalue weighted by atomic mass is 9.81. The summed E-state index contributed by atoms with van der Waals surface area (Å²) >= 11 is 1.14. The molecule has 0 aliphatic heterocycles. The molecule has 0 spiro atoms. The summed E-state index contributed by atoms with van der Waals surface area (Å²) in [6, 6.07) is -0.831. The number of likely N-dealkylation sites (N-methyl/N-ethyl adjacent to an activating group) is 1. The van der Waals surface area contributed by atoms with E-state index in [1.807, 2.05) is 34.6 Å². The summed E-state index contributed by atoms with van der Waals surface area (Å²) < 4.78 is 0. The molecular weight excluding hydrogens is 422 g/mol. The van der Waals surface area contributed by atoms with Gasteiger partial charge in [0.2, 0.25) is 17.7 Å². The Labute approximate surface area is 186 Å². The van der Waals surface area contributed by atoms with E-state index in [9.17, 15) is 24.4 Å². The third kappa shape index (κ3) is 7.91. The molecule has 0 aliphatic carbocycles. The summed E-state index contributed by atoms with van der Waals surface area (Å²) in [7, 11) is 1.48. The van der Waals surface area contributed by atoms with Crippen molar-refractivity contribution in [2.45, 2.75) is 47.1 Å². The molecule has 0 saturated heterocycles. The number of nitrogens with one attached hydrogen (secondary N) is 4. The molecule has 10 nitrogen and oxygen atoms in total. The number of hydrogen-bond donors (Lipinski definition) is 5. The van der Waals surface area contributed by atoms with Gasteiger partial charge in [-0.05, 0) is 17.8 Å². The highest BCUT2D eigenvalue weighted by atomic mass is 32.1. The van der Waals surface area contributed by atoms with Crippen LogP contribution in [0.4, 0.5) is 0 Å². The number of rotatable bonds is 10. The summed E-state index contributed by atoms with van der Waals surface area (Å²) in [4.78, 5) is 54.2. The van der Waals surface area contributed by atoms with E-state index in [2.05, 4.69) is 20.9 Å². The zero-order valence-electron chi connectivity index (χ0n) is 18.8. The smallest absolute Gasteiger partial charge is 0.280 e. The largest absolute Gasteiger partial charge is 0.357 e. The number of hydroxylamine groups is 1. The van der Waals surface area contributed by atoms with Gasteiger partial charge in [0.15, 0.2) is 5.01 Å². The summed E-state index contributed by atoms with van der Waals surface area (Å²) in [6.07, 6.45) is 1.79. The summed E-state index contributed by atoms with van der Waals surface area (Å²) in [5, 5.41) is 19.0. The van der Waals surface area contributed by atoms with Crippen molar-refractivity contribution in [2.24, 2.45) is 23.2 Å². The Hall–Kier alpha value is -2.53. The van der Waals surface area contributed by atoms with Gasteiger partial charge in [-0.25, -0.2) is 10.5 Å². The molecule has 5 N–H and O–H groups in total. The molecule has 1 heterocycles. The lowest BCUT2D eigenvalue weighted by molar-refractivity contribution is -0.142. The number of hydrogen-bond acceptors (Lipinski definition) is 7. The Kier molecular flexibility index (Phi) is 10.0. The maximum atomic E-state index is 13.2. The lowest BCUT2D eigenvalue weighted by Crippen LogP contribution is -2.56. The van der Waals surface area contributed by atoms with Gasteiger partial charge in [0, 0.05) is 25.2 Å². The maximum Gasteiger partial charge on any atom is 0.280 e. The molecule has 4 amide bonds. The van der Waals surface area contributed by atoms with Gasteiger partial charge in [0.25, 0.3) is 5.91 Å². The van der Waals surface area contributed by atoms with Gasteiger partial charge in [-0.1, -0.05) is 34.6 Å². The van der Waals surface area contributed by atoms with Crippen LogP contribution in [0.3, 0.4) is 0 Å². The van der Waals surface area contributed by atoms with E-state index in [4.69, 9.17) is 0 Å². The highest BCUT2D eigenvalue weighted by Crippen LogP contribution is 2.25. The molecule has 0 bridgehead atoms. The molecule has 0 aromatic carbocycles. The van der Waals surface area contributed by atoms with Crippen LogP contribution in [0.15, 0.2) is 11.6 Å². The molecule has 11 heteroatoms. The van der Waals surface area contributed by atoms with Gasteiger partial charge in [-0.15, -0.1) is 11.3 Å². The Bertz CT molecular complexity index is 761. The SMILES string of the molecule is CNC(=O)C(NC(=O)C(CC(C)C)C(CNC(=O)c1nccs1)C(=O)NO)C(C)(C)C. The first-order valence-corrected chi connectivity index (χ1v) is 10.9. The average Bonchev–Trinajstić information content (AvgIpc) is 3.23. The Morgan fingerprint density at radius 2 is 1.74 bits per heavy atom. The molecule has 0 saturated carbocycles. The third-order valence-electron chi connectivity index (χ3n) is 4.77. The highest BCUT2D eigenvalue weighted by molar-refractivity contribution is 7.11. The Balaban J connectivity index is 3.13. The minimum Gasteiger partial charge on any atom is -0.357 e. The van der Waals surface area contributed by atoms with Crippen molar-refractivity contribution in [1.82, 2.24) is 26.4 Å². The van der Waals surface area contributed by atoms with Crippen LogP contribution >= 0.6 is 11.3 Å². The molecule has 0 aliphatic rings. The van der Waals surface area contributed by atoms with E-state index < -0.39 is 41.0 Å². The average molecular weight is 456 g/mol. The predicted octanol–water partition coefficient (Wildman–Crippen LogP) is 0.934. The van der Waals surface area contributed by atoms with Crippen molar-refractivity contribution < 1.29 is 24.4 Å². The van der Waals surface area contributed by atoms with Crippen molar-refractivity contribution in [3.05, 3.63) is 16.6 Å². The van der Waals surface area contributed by atoms with Crippen LogP contribution in [0.2, 0.25) is 0 Å². The second kappa shape index (κ2) is 11.8. The van der Waals surface area contributed by atoms with Gasteiger partial charge in [-0.2, -0.15) is 0 Å². The molecule has 174 valence electrons. The number of aromatic nitrogens is 1. The topological polar surface area (TPSA) is 150 Å². The normalized spacial score (nSPS) is 14.3. The molecule has 31 heavy (non-hydrogen) atoms. The first kappa shape index (κ1) is 26.5. The first-order valence-electron chi connectivity index (χ1n) is 10.1. The molecule has 0 radical (unpaired) electrons. The maximum absolute atomic E-state index is 13.2. The summed E-state index contributed by atoms with van der Waals surface area (Å²) in [5.74, 6) is -4.05. The predicted molar refractivity (Wildman–Crippen MR) is 116 cm³/mol. The zero-order chi connectivity index (χ0) is 23.8. The van der Waals surface area contributed by atoms with E-state index in [0.29, 0.717) is 6.42 Å². The first-order chi connectivity index (χ1) is 14.4. The lowest BCUT2D eigenvalue weighted by Gasteiger charge is -2.33. The van der Waals surface area contributed by atoms with E-state index in [1.54, 1.807) is 10.9 Å². The van der Waals surface area contributed by atoms with Crippen LogP contribution in [0, 0.1) is 23.2 Å². The van der Waals surface area contributed by atoms with Crippen LogP contribution in [0.5, 0.6) is 0 Å². The number of carbonyl (C=O) groups is 4. The van der Waals surface area contributed by atoms with Crippen molar-refractivity contribution >= 4 is 35.0 Å². The van der Waals surface area contributed by atoms with Crippen molar-refractivity contribution in [3.8, 4) is 0 Å². The standard InChI is InChI=1S/C20H33N5O5S/c1-11(2)9-12(15(26)24-14(17(28)21-6)20(3,4)5)13(16(27)25-30)10-23-18(29)19-22-7-8-31-19/h7-8,11-14,30H,9-10H2,1-6H3,(H,21,28)(H,23,29)(H,24,26)(H,25,27). The van der Waals surface area contributed by atoms with Gasteiger partial charge in [0.05, 0.1) is 11.8 Å². The van der Waals surface area contributed by atoms with E-state index in [-0.39, 0.29) is 23.4 Å². The minimum absolute atomic E-state index is 0.0347. The van der Waals surface area contributed by atoms with Crippen LogP contribution in [-0.4, -0.2) is 53.5 Å². The summed E-state index contributed by atoms with van der Waals surface area (Å²) in [5.41, 5.74) is 1.01. The number of thiazole rings is 1. The fourth-order valence-electron chi connectivity index (χ4n) is 3.15. The Morgan fingerprint density at radius 3 is 2.19 bits per heavy atom. The van der Waals surface area contributed by atoms with Gasteiger partial charge in [0.1, 0.15) is 6.04 Å². The van der Waals surface area contributed by atoms with E-state index in [1.165, 1.54) is 13.2 Å². The second-order valence-electron chi connectivity index (χ2n) is 8.79. The zero-order valence-corrected chi connectivity index (χ0v) is 19.6. The van der Waals surface area contributed by atoms with E-state index >= 15 is 0 Å². The van der Waals surface area contributed by atoms with Crippen LogP contribution in [0.1, 0.15) is 50.8 Å². The van der Waals surface area contributed by atoms with Gasteiger partial charge < -0.3 is 16.0 Å². The van der Waals surface area contributed by atoms with Crippen molar-refractivity contribution in [3.63, 3.8) is 0 Å². The van der Waals surface area contributed by atoms with Crippen LogP contribution in [0.25, 0.3) is 0 Å². The minimum atomic E-state index is -1.05. The molecule has 1 aromatic heterocycles. The molecule has 3 atom stereocenters. The molecule has 1 aromatic rings. The van der Waals surface area contributed by atoms with Crippen LogP contribution in [-0.2, 0) is 14.4 Å². The van der Waals surface area contributed by atoms with Crippen molar-refractivity contribution in [1.29, 1.82) is 0 Å². The Morgan fingerprint density at radius 1 is 1.10 bits per heavy atom. The number of carbonyl (C=O) groups excluding carboxylic acids is 4. The van der Waals surface area contributed by atoms with Crippen LogP contribution < -0.4 is 21.4 Å². The van der Waals surface area contributed by atoms with Gasteiger partial charge >= 0.3 is 0 Å². The number of nitrogens with zero attached hydrogens (tertiary/aromatic N) is 1. The molecule has 3 unspecified atom stereocenters. The van der Waals surface area contributed by atoms with Crippen molar-refractivity contribution in [2.75, 3.05) is 13.6 Å². The fourth-order valence-corrected chi connectivity index (χ4v) is 3.70.